The quantitative estimate of drug-likeness (QED) is 0.491. The first-order valence-corrected chi connectivity index (χ1v) is 5.69. The second-order valence-electron chi connectivity index (χ2n) is 4.31. The number of hydrogen-bond acceptors (Lipinski definition) is 8. The molecule has 3 heterocycles. The lowest BCUT2D eigenvalue weighted by Crippen LogP contribution is -2.33. The van der Waals surface area contributed by atoms with Crippen LogP contribution in [0.4, 0.5) is 5.82 Å². The smallest absolute Gasteiger partial charge is 0.167 e. The van der Waals surface area contributed by atoms with Crippen molar-refractivity contribution in [2.24, 2.45) is 0 Å². The van der Waals surface area contributed by atoms with Crippen LogP contribution in [0.25, 0.3) is 11.2 Å². The van der Waals surface area contributed by atoms with E-state index in [-0.39, 0.29) is 5.82 Å². The van der Waals surface area contributed by atoms with Gasteiger partial charge in [-0.05, 0) is 0 Å². The van der Waals surface area contributed by atoms with Crippen LogP contribution in [-0.4, -0.2) is 59.8 Å². The molecule has 2 aromatic heterocycles. The molecule has 1 fully saturated rings. The van der Waals surface area contributed by atoms with Gasteiger partial charge >= 0.3 is 0 Å². The van der Waals surface area contributed by atoms with Gasteiger partial charge in [-0.2, -0.15) is 0 Å². The van der Waals surface area contributed by atoms with Gasteiger partial charge in [-0.25, -0.2) is 15.0 Å². The summed E-state index contributed by atoms with van der Waals surface area (Å²) in [6.45, 7) is -0.390. The molecular weight excluding hydrogens is 254 g/mol. The number of aliphatic hydroxyl groups is 3. The highest BCUT2D eigenvalue weighted by atomic mass is 16.6. The Morgan fingerprint density at radius 1 is 1.26 bits per heavy atom. The van der Waals surface area contributed by atoms with Crippen molar-refractivity contribution in [2.75, 3.05) is 12.3 Å². The Hall–Kier alpha value is -1.81. The number of nitrogens with two attached hydrogens (primary N) is 1. The van der Waals surface area contributed by atoms with Crippen molar-refractivity contribution in [3.63, 3.8) is 0 Å². The monoisotopic (exact) mass is 267 g/mol. The number of nitrogen functional groups attached to an aromatic ring is 1. The number of ether oxygens (including phenoxy) is 1. The molecule has 3 rings (SSSR count). The molecule has 0 amide bonds. The minimum absolute atomic E-state index is 0.218. The highest BCUT2D eigenvalue weighted by Gasteiger charge is 2.43. The number of aliphatic hydroxyl groups excluding tert-OH is 3. The molecule has 4 atom stereocenters. The highest BCUT2D eigenvalue weighted by Crippen LogP contribution is 2.31. The molecule has 1 saturated heterocycles. The van der Waals surface area contributed by atoms with Crippen molar-refractivity contribution in [1.82, 2.24) is 19.5 Å². The first-order valence-electron chi connectivity index (χ1n) is 5.69. The number of nitrogens with zero attached hydrogens (tertiary/aromatic N) is 4. The summed E-state index contributed by atoms with van der Waals surface area (Å²) in [4.78, 5) is 11.9. The highest BCUT2D eigenvalue weighted by molar-refractivity contribution is 5.81. The molecule has 0 aromatic carbocycles. The van der Waals surface area contributed by atoms with Crippen molar-refractivity contribution in [3.8, 4) is 0 Å². The molecule has 5 N–H and O–H groups in total. The third-order valence-corrected chi connectivity index (χ3v) is 3.18. The van der Waals surface area contributed by atoms with Crippen molar-refractivity contribution >= 4 is 17.0 Å². The molecule has 1 aliphatic rings. The van der Waals surface area contributed by atoms with E-state index in [2.05, 4.69) is 15.0 Å². The van der Waals surface area contributed by atoms with E-state index < -0.39 is 31.1 Å². The van der Waals surface area contributed by atoms with E-state index in [1.807, 2.05) is 0 Å². The third kappa shape index (κ3) is 1.75. The number of imidazole rings is 1. The Kier molecular flexibility index (Phi) is 2.82. The van der Waals surface area contributed by atoms with Crippen LogP contribution in [0.2, 0.25) is 0 Å². The predicted molar refractivity (Wildman–Crippen MR) is 62.7 cm³/mol. The summed E-state index contributed by atoms with van der Waals surface area (Å²) in [5.74, 6) is 0.218. The van der Waals surface area contributed by atoms with Gasteiger partial charge in [-0.1, -0.05) is 0 Å². The Balaban J connectivity index is 2.04. The van der Waals surface area contributed by atoms with E-state index >= 15 is 0 Å². The summed E-state index contributed by atoms with van der Waals surface area (Å²) in [5.41, 5.74) is 6.44. The van der Waals surface area contributed by atoms with Crippen molar-refractivity contribution < 1.29 is 20.1 Å². The van der Waals surface area contributed by atoms with E-state index in [4.69, 9.17) is 15.6 Å². The van der Waals surface area contributed by atoms with Crippen LogP contribution >= 0.6 is 0 Å². The van der Waals surface area contributed by atoms with Gasteiger partial charge in [0.05, 0.1) is 12.9 Å². The van der Waals surface area contributed by atoms with Crippen molar-refractivity contribution in [2.45, 2.75) is 24.5 Å². The number of anilines is 1. The van der Waals surface area contributed by atoms with Crippen LogP contribution < -0.4 is 5.73 Å². The topological polar surface area (TPSA) is 140 Å². The zero-order valence-corrected chi connectivity index (χ0v) is 9.79. The maximum absolute atomic E-state index is 9.95. The standard InChI is InChI=1S/C10H13N5O4/c11-8-5-9(13-2-12-8)15(3-14-5)10-7(18)6(17)4(1-16)19-10/h2-4,6-7,10,16-18H,1H2,(H2,11,12,13)/t4-,6?,7?,10?/m1/s1. The van der Waals surface area contributed by atoms with Crippen LogP contribution in [0.3, 0.4) is 0 Å². The lowest BCUT2D eigenvalue weighted by atomic mass is 10.1. The van der Waals surface area contributed by atoms with Gasteiger partial charge in [0.1, 0.15) is 30.2 Å². The van der Waals surface area contributed by atoms with Gasteiger partial charge in [0, 0.05) is 0 Å². The summed E-state index contributed by atoms with van der Waals surface area (Å²) < 4.78 is 6.85. The molecule has 1 aliphatic heterocycles. The first-order chi connectivity index (χ1) is 9.13. The predicted octanol–water partition coefficient (Wildman–Crippen LogP) is -1.98. The van der Waals surface area contributed by atoms with Gasteiger partial charge in [0.15, 0.2) is 17.7 Å². The van der Waals surface area contributed by atoms with Crippen molar-refractivity contribution in [1.29, 1.82) is 0 Å². The lowest BCUT2D eigenvalue weighted by molar-refractivity contribution is -0.0511. The third-order valence-electron chi connectivity index (χ3n) is 3.18. The Morgan fingerprint density at radius 2 is 2.05 bits per heavy atom. The molecule has 102 valence electrons. The molecule has 9 nitrogen and oxygen atoms in total. The maximum atomic E-state index is 9.95. The van der Waals surface area contributed by atoms with Gasteiger partial charge in [-0.3, -0.25) is 4.57 Å². The number of aromatic nitrogens is 4. The number of hydrogen-bond donors (Lipinski definition) is 4. The Bertz CT molecular complexity index is 603. The van der Waals surface area contributed by atoms with Crippen LogP contribution in [0.1, 0.15) is 6.23 Å². The molecule has 0 spiro atoms. The van der Waals surface area contributed by atoms with Gasteiger partial charge in [-0.15, -0.1) is 0 Å². The summed E-state index contributed by atoms with van der Waals surface area (Å²) in [6.07, 6.45) is -1.42. The normalized spacial score (nSPS) is 31.1. The average Bonchev–Trinajstić information content (AvgIpc) is 2.94. The lowest BCUT2D eigenvalue weighted by Gasteiger charge is -2.16. The zero-order chi connectivity index (χ0) is 13.6. The van der Waals surface area contributed by atoms with Crippen LogP contribution in [0.15, 0.2) is 12.7 Å². The fraction of sp³-hybridized carbons (Fsp3) is 0.500. The summed E-state index contributed by atoms with van der Waals surface area (Å²) in [6, 6.07) is 0. The number of rotatable bonds is 2. The largest absolute Gasteiger partial charge is 0.394 e. The van der Waals surface area contributed by atoms with Gasteiger partial charge in [0.25, 0.3) is 0 Å². The van der Waals surface area contributed by atoms with Crippen molar-refractivity contribution in [3.05, 3.63) is 12.7 Å². The summed E-state index contributed by atoms with van der Waals surface area (Å²) >= 11 is 0. The second kappa shape index (κ2) is 4.38. The van der Waals surface area contributed by atoms with E-state index in [9.17, 15) is 10.2 Å². The van der Waals surface area contributed by atoms with Crippen LogP contribution in [0, 0.1) is 0 Å². The molecular formula is C10H13N5O4. The van der Waals surface area contributed by atoms with Crippen LogP contribution in [-0.2, 0) is 4.74 Å². The Morgan fingerprint density at radius 3 is 2.74 bits per heavy atom. The van der Waals surface area contributed by atoms with Gasteiger partial charge in [0.2, 0.25) is 0 Å². The molecule has 3 unspecified atom stereocenters. The van der Waals surface area contributed by atoms with E-state index in [0.29, 0.717) is 11.2 Å². The summed E-state index contributed by atoms with van der Waals surface area (Å²) in [5, 5.41) is 28.7. The first kappa shape index (κ1) is 12.2. The van der Waals surface area contributed by atoms with E-state index in [1.165, 1.54) is 17.2 Å². The molecule has 0 aliphatic carbocycles. The molecule has 0 saturated carbocycles. The minimum Gasteiger partial charge on any atom is -0.394 e. The molecule has 9 heteroatoms. The molecule has 0 bridgehead atoms. The maximum Gasteiger partial charge on any atom is 0.167 e. The number of fused-ring (bicyclic) bond motifs is 1. The van der Waals surface area contributed by atoms with E-state index in [1.54, 1.807) is 0 Å². The fourth-order valence-corrected chi connectivity index (χ4v) is 2.17. The molecule has 19 heavy (non-hydrogen) atoms. The summed E-state index contributed by atoms with van der Waals surface area (Å²) in [7, 11) is 0. The minimum atomic E-state index is -1.19. The second-order valence-corrected chi connectivity index (χ2v) is 4.31. The molecule has 2 aromatic rings. The Labute approximate surface area is 107 Å². The van der Waals surface area contributed by atoms with Crippen LogP contribution in [0.5, 0.6) is 0 Å². The SMILES string of the molecule is Nc1ncnc2c1ncn2C1O[C@H](CO)C(O)C1O. The zero-order valence-electron chi connectivity index (χ0n) is 9.79. The molecule has 0 radical (unpaired) electrons. The fourth-order valence-electron chi connectivity index (χ4n) is 2.17. The average molecular weight is 267 g/mol. The van der Waals surface area contributed by atoms with E-state index in [0.717, 1.165) is 0 Å². The van der Waals surface area contributed by atoms with Gasteiger partial charge < -0.3 is 25.8 Å².